The molecule has 0 fully saturated rings. The molecule has 2 aromatic rings. The van der Waals surface area contributed by atoms with Crippen molar-refractivity contribution in [1.29, 1.82) is 0 Å². The highest BCUT2D eigenvalue weighted by Gasteiger charge is 2.34. The molecule has 0 saturated heterocycles. The van der Waals surface area contributed by atoms with Gasteiger partial charge in [-0.1, -0.05) is 42.5 Å². The first-order valence-electron chi connectivity index (χ1n) is 9.84. The highest BCUT2D eigenvalue weighted by atomic mass is 16.5. The van der Waals surface area contributed by atoms with Gasteiger partial charge >= 0.3 is 0 Å². The first kappa shape index (κ1) is 20.7. The number of carbonyl (C=O) groups excluding carboxylic acids is 2. The van der Waals surface area contributed by atoms with Crippen molar-refractivity contribution in [3.05, 3.63) is 65.7 Å². The molecule has 0 aliphatic carbocycles. The van der Waals surface area contributed by atoms with Crippen LogP contribution in [0, 0.1) is 0 Å². The fourth-order valence-corrected chi connectivity index (χ4v) is 3.19. The maximum Gasteiger partial charge on any atom is 0.267 e. The van der Waals surface area contributed by atoms with Gasteiger partial charge in [0.2, 0.25) is 0 Å². The van der Waals surface area contributed by atoms with E-state index in [4.69, 9.17) is 4.74 Å². The van der Waals surface area contributed by atoms with E-state index in [0.717, 1.165) is 16.8 Å². The molecule has 6 nitrogen and oxygen atoms in total. The van der Waals surface area contributed by atoms with Crippen LogP contribution in [0.1, 0.15) is 38.3 Å². The van der Waals surface area contributed by atoms with Gasteiger partial charge in [-0.15, -0.1) is 0 Å². The Morgan fingerprint density at radius 1 is 1.10 bits per heavy atom. The molecular formula is C23H27N3O3. The number of nitrogens with one attached hydrogen (secondary N) is 1. The third-order valence-electron chi connectivity index (χ3n) is 4.79. The number of amides is 1. The second-order valence-electron chi connectivity index (χ2n) is 7.37. The van der Waals surface area contributed by atoms with E-state index in [-0.39, 0.29) is 17.8 Å². The van der Waals surface area contributed by atoms with Gasteiger partial charge in [0.05, 0.1) is 18.4 Å². The molecule has 152 valence electrons. The zero-order valence-electron chi connectivity index (χ0n) is 17.1. The quantitative estimate of drug-likeness (QED) is 0.746. The lowest BCUT2D eigenvalue weighted by Gasteiger charge is -2.20. The minimum Gasteiger partial charge on any atom is -0.374 e. The third kappa shape index (κ3) is 5.29. The Bertz CT molecular complexity index is 893. The molecule has 2 aromatic carbocycles. The molecule has 0 spiro atoms. The smallest absolute Gasteiger partial charge is 0.267 e. The van der Waals surface area contributed by atoms with Crippen LogP contribution in [0.15, 0.2) is 59.7 Å². The van der Waals surface area contributed by atoms with E-state index < -0.39 is 6.04 Å². The van der Waals surface area contributed by atoms with E-state index in [1.165, 1.54) is 6.92 Å². The number of ketones is 1. The number of hydrazone groups is 1. The minimum absolute atomic E-state index is 0.0171. The standard InChI is InChI=1S/C23H27N3O3/c1-16(2)29-15-19-10-8-7-9-18(19)14-24-23(28)21-13-22(17(3)27)26(25-21)20-11-5-4-6-12-20/h4-12,16,22H,13-15H2,1-3H3,(H,24,28). The van der Waals surface area contributed by atoms with Crippen LogP contribution in [0.5, 0.6) is 0 Å². The summed E-state index contributed by atoms with van der Waals surface area (Å²) in [6.45, 7) is 6.39. The Morgan fingerprint density at radius 2 is 1.76 bits per heavy atom. The van der Waals surface area contributed by atoms with Gasteiger partial charge in [-0.25, -0.2) is 0 Å². The molecule has 1 aliphatic heterocycles. The Hall–Kier alpha value is -2.99. The fourth-order valence-electron chi connectivity index (χ4n) is 3.19. The summed E-state index contributed by atoms with van der Waals surface area (Å²) in [6.07, 6.45) is 0.437. The number of carbonyl (C=O) groups is 2. The van der Waals surface area contributed by atoms with Crippen molar-refractivity contribution in [2.24, 2.45) is 5.10 Å². The number of hydrogen-bond donors (Lipinski definition) is 1. The van der Waals surface area contributed by atoms with Gasteiger partial charge in [0, 0.05) is 13.0 Å². The molecule has 0 aromatic heterocycles. The summed E-state index contributed by atoms with van der Waals surface area (Å²) in [5, 5.41) is 9.03. The van der Waals surface area contributed by atoms with Gasteiger partial charge in [0.25, 0.3) is 5.91 Å². The molecule has 0 bridgehead atoms. The Balaban J connectivity index is 1.69. The third-order valence-corrected chi connectivity index (χ3v) is 4.79. The van der Waals surface area contributed by atoms with Crippen LogP contribution in [-0.4, -0.2) is 29.5 Å². The van der Waals surface area contributed by atoms with E-state index in [2.05, 4.69) is 10.4 Å². The molecule has 0 saturated carbocycles. The molecule has 1 N–H and O–H groups in total. The van der Waals surface area contributed by atoms with E-state index in [9.17, 15) is 9.59 Å². The van der Waals surface area contributed by atoms with Gasteiger partial charge in [0.15, 0.2) is 5.78 Å². The van der Waals surface area contributed by atoms with Crippen molar-refractivity contribution in [2.75, 3.05) is 5.01 Å². The summed E-state index contributed by atoms with van der Waals surface area (Å²) >= 11 is 0. The zero-order chi connectivity index (χ0) is 20.8. The van der Waals surface area contributed by atoms with Gasteiger partial charge in [-0.05, 0) is 44.0 Å². The van der Waals surface area contributed by atoms with Gasteiger partial charge < -0.3 is 10.1 Å². The maximum absolute atomic E-state index is 12.7. The molecule has 1 heterocycles. The highest BCUT2D eigenvalue weighted by Crippen LogP contribution is 2.25. The summed E-state index contributed by atoms with van der Waals surface area (Å²) in [7, 11) is 0. The van der Waals surface area contributed by atoms with Crippen LogP contribution in [0.25, 0.3) is 0 Å². The number of benzene rings is 2. The number of nitrogens with zero attached hydrogens (tertiary/aromatic N) is 2. The minimum atomic E-state index is -0.454. The summed E-state index contributed by atoms with van der Waals surface area (Å²) in [5.74, 6) is -0.272. The fraction of sp³-hybridized carbons (Fsp3) is 0.348. The molecule has 1 amide bonds. The molecule has 1 atom stereocenters. The van der Waals surface area contributed by atoms with E-state index in [1.54, 1.807) is 5.01 Å². The van der Waals surface area contributed by atoms with Crippen molar-refractivity contribution in [3.8, 4) is 0 Å². The normalized spacial score (nSPS) is 16.1. The number of hydrogen-bond acceptors (Lipinski definition) is 5. The topological polar surface area (TPSA) is 71.0 Å². The van der Waals surface area contributed by atoms with Gasteiger partial charge in [0.1, 0.15) is 11.8 Å². The summed E-state index contributed by atoms with van der Waals surface area (Å²) < 4.78 is 5.70. The molecule has 3 rings (SSSR count). The number of Topliss-reactive ketones (excluding diaryl/α,β-unsaturated/α-hetero) is 1. The second-order valence-corrected chi connectivity index (χ2v) is 7.37. The Morgan fingerprint density at radius 3 is 2.41 bits per heavy atom. The SMILES string of the molecule is CC(=O)C1CC(C(=O)NCc2ccccc2COC(C)C)=NN1c1ccccc1. The Labute approximate surface area is 171 Å². The number of anilines is 1. The summed E-state index contributed by atoms with van der Waals surface area (Å²) in [5.41, 5.74) is 3.21. The van der Waals surface area contributed by atoms with Crippen molar-refractivity contribution in [3.63, 3.8) is 0 Å². The summed E-state index contributed by atoms with van der Waals surface area (Å²) in [4.78, 5) is 24.8. The lowest BCUT2D eigenvalue weighted by molar-refractivity contribution is -0.118. The average molecular weight is 393 g/mol. The van der Waals surface area contributed by atoms with Crippen molar-refractivity contribution < 1.29 is 14.3 Å². The van der Waals surface area contributed by atoms with Crippen LogP contribution < -0.4 is 10.3 Å². The molecule has 29 heavy (non-hydrogen) atoms. The number of rotatable bonds is 8. The maximum atomic E-state index is 12.7. The van der Waals surface area contributed by atoms with E-state index in [1.807, 2.05) is 68.4 Å². The molecule has 6 heteroatoms. The first-order chi connectivity index (χ1) is 14.0. The predicted molar refractivity (Wildman–Crippen MR) is 114 cm³/mol. The van der Waals surface area contributed by atoms with Crippen LogP contribution in [-0.2, 0) is 27.5 Å². The highest BCUT2D eigenvalue weighted by molar-refractivity contribution is 6.40. The average Bonchev–Trinajstić information content (AvgIpc) is 3.17. The van der Waals surface area contributed by atoms with Crippen molar-refractivity contribution >= 4 is 23.1 Å². The van der Waals surface area contributed by atoms with Crippen LogP contribution in [0.4, 0.5) is 5.69 Å². The predicted octanol–water partition coefficient (Wildman–Crippen LogP) is 3.45. The monoisotopic (exact) mass is 393 g/mol. The van der Waals surface area contributed by atoms with Crippen LogP contribution >= 0.6 is 0 Å². The van der Waals surface area contributed by atoms with Gasteiger partial charge in [-0.3, -0.25) is 14.6 Å². The van der Waals surface area contributed by atoms with Crippen LogP contribution in [0.3, 0.4) is 0 Å². The van der Waals surface area contributed by atoms with Gasteiger partial charge in [-0.2, -0.15) is 5.10 Å². The molecule has 0 radical (unpaired) electrons. The lowest BCUT2D eigenvalue weighted by Crippen LogP contribution is -2.34. The van der Waals surface area contributed by atoms with E-state index in [0.29, 0.717) is 25.3 Å². The molecule has 1 unspecified atom stereocenters. The zero-order valence-corrected chi connectivity index (χ0v) is 17.1. The Kier molecular flexibility index (Phi) is 6.77. The first-order valence-corrected chi connectivity index (χ1v) is 9.84. The largest absolute Gasteiger partial charge is 0.374 e. The van der Waals surface area contributed by atoms with E-state index >= 15 is 0 Å². The van der Waals surface area contributed by atoms with Crippen LogP contribution in [0.2, 0.25) is 0 Å². The number of para-hydroxylation sites is 1. The summed E-state index contributed by atoms with van der Waals surface area (Å²) in [6, 6.07) is 16.9. The van der Waals surface area contributed by atoms with Crippen molar-refractivity contribution in [1.82, 2.24) is 5.32 Å². The second kappa shape index (κ2) is 9.47. The van der Waals surface area contributed by atoms with Crippen molar-refractivity contribution in [2.45, 2.75) is 52.5 Å². The molecule has 1 aliphatic rings. The lowest BCUT2D eigenvalue weighted by atomic mass is 10.1. The molecular weight excluding hydrogens is 366 g/mol. The number of ether oxygens (including phenoxy) is 1.